The van der Waals surface area contributed by atoms with Crippen molar-refractivity contribution in [2.45, 2.75) is 82.8 Å². The Balaban J connectivity index is 1.31. The molecule has 1 aliphatic carbocycles. The second-order valence-electron chi connectivity index (χ2n) is 13.3. The van der Waals surface area contributed by atoms with E-state index in [9.17, 15) is 23.5 Å². The number of carbonyl (C=O) groups is 2. The zero-order valence-corrected chi connectivity index (χ0v) is 25.1. The molecule has 2 heterocycles. The first-order valence-corrected chi connectivity index (χ1v) is 14.9. The third-order valence-corrected chi connectivity index (χ3v) is 9.27. The van der Waals surface area contributed by atoms with Gasteiger partial charge in [-0.15, -0.1) is 0 Å². The van der Waals surface area contributed by atoms with Crippen LogP contribution in [-0.2, 0) is 10.2 Å². The van der Waals surface area contributed by atoms with E-state index >= 15 is 0 Å². The van der Waals surface area contributed by atoms with E-state index in [-0.39, 0.29) is 30.1 Å². The van der Waals surface area contributed by atoms with Gasteiger partial charge in [-0.25, -0.2) is 13.5 Å². The van der Waals surface area contributed by atoms with E-state index in [2.05, 4.69) is 10.00 Å². The van der Waals surface area contributed by atoms with Gasteiger partial charge in [0.25, 0.3) is 0 Å². The normalized spacial score (nSPS) is 22.5. The van der Waals surface area contributed by atoms with Gasteiger partial charge in [0.1, 0.15) is 17.3 Å². The Morgan fingerprint density at radius 2 is 1.81 bits per heavy atom. The van der Waals surface area contributed by atoms with Gasteiger partial charge in [0, 0.05) is 61.1 Å². The third-order valence-electron chi connectivity index (χ3n) is 9.04. The molecule has 1 N–H and O–H groups in total. The first-order valence-electron chi connectivity index (χ1n) is 14.5. The minimum absolute atomic E-state index is 0.0478. The molecule has 2 aliphatic rings. The summed E-state index contributed by atoms with van der Waals surface area (Å²) < 4.78 is 28.9. The Hall–Kier alpha value is -2.94. The van der Waals surface area contributed by atoms with E-state index in [4.69, 9.17) is 11.6 Å². The van der Waals surface area contributed by atoms with Crippen LogP contribution >= 0.6 is 11.6 Å². The molecule has 0 bridgehead atoms. The highest BCUT2D eigenvalue weighted by Crippen LogP contribution is 2.44. The monoisotopic (exact) mass is 597 g/mol. The molecule has 1 aliphatic heterocycles. The van der Waals surface area contributed by atoms with Crippen molar-refractivity contribution in [3.8, 4) is 5.69 Å². The number of aliphatic hydroxyl groups is 1. The molecule has 9 heteroatoms. The molecule has 6 nitrogen and oxygen atoms in total. The minimum Gasteiger partial charge on any atom is -0.390 e. The molecular weight excluding hydrogens is 560 g/mol. The molecule has 42 heavy (non-hydrogen) atoms. The van der Waals surface area contributed by atoms with Crippen LogP contribution in [0.4, 0.5) is 8.78 Å². The van der Waals surface area contributed by atoms with Crippen molar-refractivity contribution >= 4 is 23.2 Å². The smallest absolute Gasteiger partial charge is 0.166 e. The fraction of sp³-hybridized carbons (Fsp3) is 0.485. The molecular formula is C33H38ClF2N3O3. The van der Waals surface area contributed by atoms with Crippen LogP contribution < -0.4 is 0 Å². The lowest BCUT2D eigenvalue weighted by molar-refractivity contribution is -0.128. The molecule has 1 saturated carbocycles. The van der Waals surface area contributed by atoms with Crippen LogP contribution in [0.25, 0.3) is 5.69 Å². The molecule has 2 aromatic carbocycles. The second-order valence-corrected chi connectivity index (χ2v) is 13.7. The number of hydrogen-bond acceptors (Lipinski definition) is 5. The van der Waals surface area contributed by atoms with Crippen molar-refractivity contribution in [2.24, 2.45) is 5.41 Å². The maximum Gasteiger partial charge on any atom is 0.166 e. The van der Waals surface area contributed by atoms with Crippen LogP contribution in [0.2, 0.25) is 5.02 Å². The molecule has 224 valence electrons. The summed E-state index contributed by atoms with van der Waals surface area (Å²) in [5, 5.41) is 15.2. The first-order chi connectivity index (χ1) is 19.7. The Morgan fingerprint density at radius 1 is 1.10 bits per heavy atom. The molecule has 1 saturated heterocycles. The molecule has 0 radical (unpaired) electrons. The van der Waals surface area contributed by atoms with Crippen molar-refractivity contribution in [1.82, 2.24) is 14.7 Å². The number of rotatable bonds is 10. The predicted octanol–water partition coefficient (Wildman–Crippen LogP) is 6.70. The van der Waals surface area contributed by atoms with Crippen molar-refractivity contribution < 1.29 is 23.5 Å². The number of benzene rings is 2. The topological polar surface area (TPSA) is 75.4 Å². The van der Waals surface area contributed by atoms with Crippen LogP contribution in [0.3, 0.4) is 0 Å². The Bertz CT molecular complexity index is 1470. The lowest BCUT2D eigenvalue weighted by Gasteiger charge is -2.55. The van der Waals surface area contributed by atoms with Gasteiger partial charge in [-0.3, -0.25) is 14.5 Å². The number of likely N-dealkylation sites (tertiary alicyclic amines) is 1. The fourth-order valence-electron chi connectivity index (χ4n) is 6.64. The number of nitrogens with zero attached hydrogens (tertiary/aromatic N) is 3. The highest BCUT2D eigenvalue weighted by Gasteiger charge is 2.49. The number of Topliss-reactive ketones (excluding diaryl/α,β-unsaturated/α-hetero) is 2. The maximum atomic E-state index is 14.3. The molecule has 0 amide bonds. The third kappa shape index (κ3) is 6.82. The van der Waals surface area contributed by atoms with Gasteiger partial charge in [-0.1, -0.05) is 37.6 Å². The summed E-state index contributed by atoms with van der Waals surface area (Å²) in [6, 6.07) is 11.1. The second kappa shape index (κ2) is 11.6. The minimum atomic E-state index is -0.775. The van der Waals surface area contributed by atoms with Crippen LogP contribution in [0, 0.1) is 17.0 Å². The van der Waals surface area contributed by atoms with Crippen molar-refractivity contribution in [2.75, 3.05) is 13.1 Å². The summed E-state index contributed by atoms with van der Waals surface area (Å²) in [6.45, 7) is 7.17. The number of ketones is 2. The van der Waals surface area contributed by atoms with Crippen molar-refractivity contribution in [3.05, 3.63) is 82.6 Å². The lowest BCUT2D eigenvalue weighted by Crippen LogP contribution is -2.62. The maximum absolute atomic E-state index is 14.3. The van der Waals surface area contributed by atoms with E-state index in [1.807, 2.05) is 45.0 Å². The summed E-state index contributed by atoms with van der Waals surface area (Å²) in [5.41, 5.74) is -0.240. The highest BCUT2D eigenvalue weighted by molar-refractivity contribution is 6.30. The van der Waals surface area contributed by atoms with E-state index in [1.165, 1.54) is 23.1 Å². The number of carbonyl (C=O) groups excluding carboxylic acids is 2. The molecule has 2 fully saturated rings. The standard InChI is InChI=1S/C33H38ClF2N3O3/c1-31(2,23-5-4-6-24(34)13-23)15-27(40)16-33(20-38(21-33)26-9-11-32(3,42)12-10-26)17-30(41)22-18-37-39(19-22)29-8-7-25(35)14-28(29)36/h4-8,13-14,18-19,26,42H,9-12,15-17,20-21H2,1-3H3. The Labute approximate surface area is 250 Å². The lowest BCUT2D eigenvalue weighted by atomic mass is 9.68. The molecule has 0 unspecified atom stereocenters. The van der Waals surface area contributed by atoms with Crippen LogP contribution in [0.5, 0.6) is 0 Å². The van der Waals surface area contributed by atoms with Gasteiger partial charge >= 0.3 is 0 Å². The van der Waals surface area contributed by atoms with Crippen LogP contribution in [-0.4, -0.2) is 56.1 Å². The summed E-state index contributed by atoms with van der Waals surface area (Å²) in [5.74, 6) is -1.55. The summed E-state index contributed by atoms with van der Waals surface area (Å²) in [4.78, 5) is 29.5. The van der Waals surface area contributed by atoms with Crippen molar-refractivity contribution in [3.63, 3.8) is 0 Å². The molecule has 1 aromatic heterocycles. The first kappa shape index (κ1) is 30.5. The Morgan fingerprint density at radius 3 is 2.48 bits per heavy atom. The van der Waals surface area contributed by atoms with Crippen molar-refractivity contribution in [1.29, 1.82) is 0 Å². The van der Waals surface area contributed by atoms with Crippen LogP contribution in [0.1, 0.15) is 81.6 Å². The fourth-order valence-corrected chi connectivity index (χ4v) is 6.83. The van der Waals surface area contributed by atoms with Gasteiger partial charge in [0.05, 0.1) is 17.4 Å². The molecule has 5 rings (SSSR count). The van der Waals surface area contributed by atoms with Gasteiger partial charge in [0.15, 0.2) is 11.6 Å². The Kier molecular flexibility index (Phi) is 8.45. The summed E-state index contributed by atoms with van der Waals surface area (Å²) in [7, 11) is 0. The molecule has 0 spiro atoms. The largest absolute Gasteiger partial charge is 0.390 e. The van der Waals surface area contributed by atoms with E-state index in [0.717, 1.165) is 43.4 Å². The summed E-state index contributed by atoms with van der Waals surface area (Å²) in [6.07, 6.45) is 6.80. The average molecular weight is 598 g/mol. The van der Waals surface area contributed by atoms with E-state index < -0.39 is 28.1 Å². The van der Waals surface area contributed by atoms with Gasteiger partial charge < -0.3 is 5.11 Å². The van der Waals surface area contributed by atoms with E-state index in [0.29, 0.717) is 36.1 Å². The quantitative estimate of drug-likeness (QED) is 0.263. The molecule has 0 atom stereocenters. The zero-order chi connectivity index (χ0) is 30.3. The van der Waals surface area contributed by atoms with Gasteiger partial charge in [-0.2, -0.15) is 5.10 Å². The van der Waals surface area contributed by atoms with Gasteiger partial charge in [-0.05, 0) is 67.9 Å². The number of aromatic nitrogens is 2. The van der Waals surface area contributed by atoms with Crippen LogP contribution in [0.15, 0.2) is 54.9 Å². The van der Waals surface area contributed by atoms with E-state index in [1.54, 1.807) is 0 Å². The SMILES string of the molecule is CC1(O)CCC(N2CC(CC(=O)CC(C)(C)c3cccc(Cl)c3)(CC(=O)c3cnn(-c4ccc(F)cc4F)c3)C2)CC1. The zero-order valence-electron chi connectivity index (χ0n) is 24.4. The molecule has 3 aromatic rings. The average Bonchev–Trinajstić information content (AvgIpc) is 3.37. The summed E-state index contributed by atoms with van der Waals surface area (Å²) >= 11 is 6.22. The number of halogens is 3. The number of hydrogen-bond donors (Lipinski definition) is 1. The highest BCUT2D eigenvalue weighted by atomic mass is 35.5. The van der Waals surface area contributed by atoms with Gasteiger partial charge in [0.2, 0.25) is 0 Å². The predicted molar refractivity (Wildman–Crippen MR) is 158 cm³/mol.